The minimum absolute atomic E-state index is 0.175. The highest BCUT2D eigenvalue weighted by molar-refractivity contribution is 6.39. The Morgan fingerprint density at radius 1 is 1.04 bits per heavy atom. The third-order valence-electron chi connectivity index (χ3n) is 4.10. The molecule has 4 rings (SSSR count). The number of amides is 2. The van der Waals surface area contributed by atoms with Crippen LogP contribution in [-0.2, 0) is 14.4 Å². The Morgan fingerprint density at radius 2 is 1.76 bits per heavy atom. The van der Waals surface area contributed by atoms with E-state index in [4.69, 9.17) is 28.0 Å². The molecule has 1 fully saturated rings. The van der Waals surface area contributed by atoms with Gasteiger partial charge in [-0.05, 0) is 30.3 Å². The van der Waals surface area contributed by atoms with Gasteiger partial charge in [0.25, 0.3) is 5.91 Å². The SMILES string of the molecule is O=C1[C@H]2C(c3ccc(F)cc3)=NO[C@H]2C(=O)N1c1ccc(Cl)cc1Cl. The Morgan fingerprint density at radius 3 is 2.44 bits per heavy atom. The minimum atomic E-state index is -1.06. The molecule has 2 aromatic rings. The predicted octanol–water partition coefficient (Wildman–Crippen LogP) is 3.43. The van der Waals surface area contributed by atoms with E-state index < -0.39 is 29.7 Å². The van der Waals surface area contributed by atoms with Gasteiger partial charge in [0.15, 0.2) is 0 Å². The van der Waals surface area contributed by atoms with Crippen LogP contribution in [0.3, 0.4) is 0 Å². The van der Waals surface area contributed by atoms with Gasteiger partial charge in [-0.15, -0.1) is 0 Å². The van der Waals surface area contributed by atoms with E-state index in [0.717, 1.165) is 4.90 Å². The van der Waals surface area contributed by atoms with E-state index in [1.165, 1.54) is 42.5 Å². The lowest BCUT2D eigenvalue weighted by molar-refractivity contribution is -0.126. The Balaban J connectivity index is 1.72. The van der Waals surface area contributed by atoms with Gasteiger partial charge in [0.05, 0.1) is 10.7 Å². The number of carbonyl (C=O) groups excluding carboxylic acids is 2. The molecule has 8 heteroatoms. The zero-order valence-electron chi connectivity index (χ0n) is 12.4. The number of nitrogens with zero attached hydrogens (tertiary/aromatic N) is 2. The molecule has 2 heterocycles. The first-order chi connectivity index (χ1) is 12.0. The number of anilines is 1. The van der Waals surface area contributed by atoms with Gasteiger partial charge >= 0.3 is 0 Å². The smallest absolute Gasteiger partial charge is 0.279 e. The number of oxime groups is 1. The Kier molecular flexibility index (Phi) is 3.74. The maximum Gasteiger partial charge on any atom is 0.279 e. The molecule has 0 unspecified atom stereocenters. The van der Waals surface area contributed by atoms with Crippen molar-refractivity contribution in [3.8, 4) is 0 Å². The maximum absolute atomic E-state index is 13.1. The molecule has 5 nitrogen and oxygen atoms in total. The first kappa shape index (κ1) is 16.1. The van der Waals surface area contributed by atoms with Crippen molar-refractivity contribution < 1.29 is 18.8 Å². The van der Waals surface area contributed by atoms with Crippen molar-refractivity contribution in [1.82, 2.24) is 0 Å². The van der Waals surface area contributed by atoms with Crippen molar-refractivity contribution in [1.29, 1.82) is 0 Å². The molecule has 0 aliphatic carbocycles. The first-order valence-corrected chi connectivity index (χ1v) is 8.05. The van der Waals surface area contributed by atoms with Crippen molar-refractivity contribution in [3.63, 3.8) is 0 Å². The summed E-state index contributed by atoms with van der Waals surface area (Å²) < 4.78 is 13.1. The molecule has 2 amide bonds. The second-order valence-electron chi connectivity index (χ2n) is 5.59. The van der Waals surface area contributed by atoms with E-state index in [2.05, 4.69) is 5.16 Å². The summed E-state index contributed by atoms with van der Waals surface area (Å²) in [6.45, 7) is 0. The maximum atomic E-state index is 13.1. The van der Waals surface area contributed by atoms with Crippen LogP contribution in [0.25, 0.3) is 0 Å². The minimum Gasteiger partial charge on any atom is -0.381 e. The van der Waals surface area contributed by atoms with Crippen LogP contribution >= 0.6 is 23.2 Å². The molecular formula is C17H9Cl2FN2O3. The quantitative estimate of drug-likeness (QED) is 0.752. The van der Waals surface area contributed by atoms with Crippen molar-refractivity contribution >= 4 is 46.4 Å². The second-order valence-corrected chi connectivity index (χ2v) is 6.44. The summed E-state index contributed by atoms with van der Waals surface area (Å²) in [6, 6.07) is 9.94. The third-order valence-corrected chi connectivity index (χ3v) is 4.64. The predicted molar refractivity (Wildman–Crippen MR) is 90.3 cm³/mol. The molecule has 2 atom stereocenters. The lowest BCUT2D eigenvalue weighted by Gasteiger charge is -2.17. The Hall–Kier alpha value is -2.44. The van der Waals surface area contributed by atoms with Gasteiger partial charge in [0.2, 0.25) is 12.0 Å². The summed E-state index contributed by atoms with van der Waals surface area (Å²) in [4.78, 5) is 31.6. The summed E-state index contributed by atoms with van der Waals surface area (Å²) in [7, 11) is 0. The average Bonchev–Trinajstić information content (AvgIpc) is 3.11. The highest BCUT2D eigenvalue weighted by Gasteiger charge is 2.56. The Bertz CT molecular complexity index is 930. The van der Waals surface area contributed by atoms with Crippen LogP contribution in [0, 0.1) is 11.7 Å². The van der Waals surface area contributed by atoms with Gasteiger partial charge in [-0.3, -0.25) is 9.59 Å². The monoisotopic (exact) mass is 378 g/mol. The van der Waals surface area contributed by atoms with Gasteiger partial charge < -0.3 is 4.84 Å². The van der Waals surface area contributed by atoms with E-state index in [0.29, 0.717) is 10.6 Å². The highest BCUT2D eigenvalue weighted by Crippen LogP contribution is 2.38. The van der Waals surface area contributed by atoms with E-state index in [1.54, 1.807) is 0 Å². The summed E-state index contributed by atoms with van der Waals surface area (Å²) in [5.41, 5.74) is 1.03. The average molecular weight is 379 g/mol. The molecule has 0 N–H and O–H groups in total. The summed E-state index contributed by atoms with van der Waals surface area (Å²) in [6.07, 6.45) is -1.06. The number of hydrogen-bond donors (Lipinski definition) is 0. The third kappa shape index (κ3) is 2.49. The summed E-state index contributed by atoms with van der Waals surface area (Å²) in [5.74, 6) is -2.37. The summed E-state index contributed by atoms with van der Waals surface area (Å²) >= 11 is 12.0. The highest BCUT2D eigenvalue weighted by atomic mass is 35.5. The molecule has 2 aliphatic rings. The molecule has 0 bridgehead atoms. The normalized spacial score (nSPS) is 22.0. The van der Waals surface area contributed by atoms with Crippen LogP contribution in [-0.4, -0.2) is 23.6 Å². The number of imide groups is 1. The van der Waals surface area contributed by atoms with E-state index in [9.17, 15) is 14.0 Å². The number of fused-ring (bicyclic) bond motifs is 1. The van der Waals surface area contributed by atoms with Crippen LogP contribution in [0.1, 0.15) is 5.56 Å². The lowest BCUT2D eigenvalue weighted by Crippen LogP contribution is -2.33. The molecule has 25 heavy (non-hydrogen) atoms. The standard InChI is InChI=1S/C17H9Cl2FN2O3/c18-9-3-6-12(11(19)7-9)22-16(23)13-14(21-25-15(13)17(22)24)8-1-4-10(20)5-2-8/h1-7,13,15H/t13-,15+/m0/s1. The Labute approximate surface area is 151 Å². The van der Waals surface area contributed by atoms with E-state index in [-0.39, 0.29) is 16.4 Å². The summed E-state index contributed by atoms with van der Waals surface area (Å²) in [5, 5.41) is 4.42. The zero-order chi connectivity index (χ0) is 17.7. The molecule has 126 valence electrons. The lowest BCUT2D eigenvalue weighted by atomic mass is 9.94. The van der Waals surface area contributed by atoms with Gasteiger partial charge in [-0.2, -0.15) is 0 Å². The van der Waals surface area contributed by atoms with Crippen molar-refractivity contribution in [3.05, 3.63) is 63.9 Å². The number of halogens is 3. The van der Waals surface area contributed by atoms with E-state index in [1.807, 2.05) is 0 Å². The van der Waals surface area contributed by atoms with E-state index >= 15 is 0 Å². The molecule has 0 aromatic heterocycles. The van der Waals surface area contributed by atoms with Crippen molar-refractivity contribution in [2.45, 2.75) is 6.10 Å². The largest absolute Gasteiger partial charge is 0.381 e. The van der Waals surface area contributed by atoms with Gasteiger partial charge in [-0.1, -0.05) is 40.5 Å². The van der Waals surface area contributed by atoms with Crippen LogP contribution < -0.4 is 4.90 Å². The van der Waals surface area contributed by atoms with Crippen LogP contribution in [0.4, 0.5) is 10.1 Å². The fraction of sp³-hybridized carbons (Fsp3) is 0.118. The van der Waals surface area contributed by atoms with Crippen LogP contribution in [0.5, 0.6) is 0 Å². The van der Waals surface area contributed by atoms with Crippen molar-refractivity contribution in [2.75, 3.05) is 4.90 Å². The van der Waals surface area contributed by atoms with Crippen LogP contribution in [0.2, 0.25) is 10.0 Å². The number of carbonyl (C=O) groups is 2. The van der Waals surface area contributed by atoms with Gasteiger partial charge in [0, 0.05) is 10.6 Å². The van der Waals surface area contributed by atoms with Gasteiger partial charge in [-0.25, -0.2) is 9.29 Å². The zero-order valence-corrected chi connectivity index (χ0v) is 14.0. The molecule has 0 saturated carbocycles. The van der Waals surface area contributed by atoms with Crippen LogP contribution in [0.15, 0.2) is 47.6 Å². The number of rotatable bonds is 2. The number of benzene rings is 2. The van der Waals surface area contributed by atoms with Crippen molar-refractivity contribution in [2.24, 2.45) is 11.1 Å². The number of hydrogen-bond acceptors (Lipinski definition) is 4. The molecular weight excluding hydrogens is 370 g/mol. The molecule has 0 radical (unpaired) electrons. The molecule has 2 aromatic carbocycles. The fourth-order valence-corrected chi connectivity index (χ4v) is 3.43. The second kappa shape index (κ2) is 5.82. The molecule has 1 saturated heterocycles. The van der Waals surface area contributed by atoms with Gasteiger partial charge in [0.1, 0.15) is 17.4 Å². The fourth-order valence-electron chi connectivity index (χ4n) is 2.94. The molecule has 2 aliphatic heterocycles. The molecule has 0 spiro atoms. The topological polar surface area (TPSA) is 59.0 Å². The first-order valence-electron chi connectivity index (χ1n) is 7.30.